The maximum Gasteiger partial charge on any atom is 0.0859 e. The molecule has 1 spiro atoms. The fourth-order valence-electron chi connectivity index (χ4n) is 6.60. The zero-order chi connectivity index (χ0) is 17.2. The molecule has 0 unspecified atom stereocenters. The summed E-state index contributed by atoms with van der Waals surface area (Å²) in [5.74, 6) is 1.12. The van der Waals surface area contributed by atoms with Crippen molar-refractivity contribution in [2.24, 2.45) is 22.7 Å². The first-order chi connectivity index (χ1) is 12.0. The maximum absolute atomic E-state index is 11.1. The van der Waals surface area contributed by atoms with Crippen LogP contribution in [0.4, 0.5) is 5.69 Å². The van der Waals surface area contributed by atoms with Crippen LogP contribution >= 0.6 is 0 Å². The molecule has 136 valence electrons. The molecular formula is C22H31NO2. The Balaban J connectivity index is 1.42. The fraction of sp³-hybridized carbons (Fsp3) is 0.727. The monoisotopic (exact) mass is 341 g/mol. The van der Waals surface area contributed by atoms with Gasteiger partial charge in [-0.3, -0.25) is 0 Å². The third kappa shape index (κ3) is 2.18. The molecule has 2 heterocycles. The Hall–Kier alpha value is -1.06. The highest BCUT2D eigenvalue weighted by Gasteiger charge is 2.67. The van der Waals surface area contributed by atoms with Gasteiger partial charge in [-0.05, 0) is 67.1 Å². The van der Waals surface area contributed by atoms with Crippen molar-refractivity contribution in [1.29, 1.82) is 0 Å². The van der Waals surface area contributed by atoms with Crippen molar-refractivity contribution in [2.75, 3.05) is 24.6 Å². The van der Waals surface area contributed by atoms with E-state index in [0.717, 1.165) is 13.0 Å². The predicted molar refractivity (Wildman–Crippen MR) is 99.6 cm³/mol. The van der Waals surface area contributed by atoms with Crippen LogP contribution in [0.25, 0.3) is 0 Å². The summed E-state index contributed by atoms with van der Waals surface area (Å²) in [6.07, 6.45) is 6.04. The lowest BCUT2D eigenvalue weighted by molar-refractivity contribution is -0.164. The maximum atomic E-state index is 11.1. The lowest BCUT2D eigenvalue weighted by Crippen LogP contribution is -2.51. The number of ether oxygens (including phenoxy) is 1. The average Bonchev–Trinajstić information content (AvgIpc) is 3.32. The van der Waals surface area contributed by atoms with Gasteiger partial charge in [0.15, 0.2) is 0 Å². The zero-order valence-electron chi connectivity index (χ0n) is 15.6. The summed E-state index contributed by atoms with van der Waals surface area (Å²) in [7, 11) is 0. The van der Waals surface area contributed by atoms with Gasteiger partial charge in [-0.1, -0.05) is 26.0 Å². The van der Waals surface area contributed by atoms with Gasteiger partial charge in [-0.15, -0.1) is 0 Å². The van der Waals surface area contributed by atoms with E-state index < -0.39 is 0 Å². The van der Waals surface area contributed by atoms with Gasteiger partial charge in [0.05, 0.1) is 12.2 Å². The van der Waals surface area contributed by atoms with E-state index in [1.54, 1.807) is 0 Å². The van der Waals surface area contributed by atoms with Crippen molar-refractivity contribution in [3.8, 4) is 0 Å². The molecule has 0 amide bonds. The number of aliphatic hydroxyl groups is 1. The third-order valence-electron chi connectivity index (χ3n) is 8.13. The number of hydrogen-bond acceptors (Lipinski definition) is 3. The molecule has 5 atom stereocenters. The Kier molecular flexibility index (Phi) is 3.53. The van der Waals surface area contributed by atoms with Crippen LogP contribution in [0.15, 0.2) is 24.3 Å². The lowest BCUT2D eigenvalue weighted by atomic mass is 9.60. The molecule has 1 aromatic carbocycles. The second kappa shape index (κ2) is 5.47. The standard InChI is InChI=1S/C22H31NO2/c1-21(2)16-13-18-19(25-12-9-22(18,14-16)20(21)24)15-5-7-17(8-6-15)23-10-3-4-11-23/h5-8,16,18-20,24H,3-4,9-14H2,1-2H3/t16-,18-,19-,20-,22+/m1/s1. The van der Waals surface area contributed by atoms with Crippen LogP contribution < -0.4 is 4.90 Å². The van der Waals surface area contributed by atoms with Crippen LogP contribution in [0, 0.1) is 22.7 Å². The number of fused-ring (bicyclic) bond motifs is 1. The molecule has 25 heavy (non-hydrogen) atoms. The zero-order valence-corrected chi connectivity index (χ0v) is 15.6. The molecule has 2 aliphatic carbocycles. The van der Waals surface area contributed by atoms with Gasteiger partial charge in [-0.2, -0.15) is 0 Å². The molecule has 2 saturated carbocycles. The van der Waals surface area contributed by atoms with E-state index in [9.17, 15) is 5.11 Å². The van der Waals surface area contributed by atoms with E-state index in [1.165, 1.54) is 50.0 Å². The lowest BCUT2D eigenvalue weighted by Gasteiger charge is -2.51. The summed E-state index contributed by atoms with van der Waals surface area (Å²) in [5.41, 5.74) is 2.81. The first kappa shape index (κ1) is 16.1. The Labute approximate surface area is 151 Å². The van der Waals surface area contributed by atoms with Gasteiger partial charge >= 0.3 is 0 Å². The molecule has 3 nitrogen and oxygen atoms in total. The molecule has 5 rings (SSSR count). The minimum Gasteiger partial charge on any atom is -0.392 e. The number of anilines is 1. The summed E-state index contributed by atoms with van der Waals surface area (Å²) in [6.45, 7) is 7.70. The Morgan fingerprint density at radius 3 is 2.52 bits per heavy atom. The van der Waals surface area contributed by atoms with Crippen molar-refractivity contribution < 1.29 is 9.84 Å². The molecule has 1 aromatic rings. The van der Waals surface area contributed by atoms with Crippen LogP contribution in [-0.2, 0) is 4.74 Å². The first-order valence-electron chi connectivity index (χ1n) is 10.2. The quantitative estimate of drug-likeness (QED) is 0.877. The van der Waals surface area contributed by atoms with Gasteiger partial charge < -0.3 is 14.7 Å². The smallest absolute Gasteiger partial charge is 0.0859 e. The number of rotatable bonds is 2. The van der Waals surface area contributed by atoms with Crippen LogP contribution in [0.5, 0.6) is 0 Å². The second-order valence-electron chi connectivity index (χ2n) is 9.53. The molecule has 2 saturated heterocycles. The molecule has 1 N–H and O–H groups in total. The molecular weight excluding hydrogens is 310 g/mol. The van der Waals surface area contributed by atoms with E-state index in [0.29, 0.717) is 11.8 Å². The SMILES string of the molecule is CC1(C)[C@@H]2C[C@@H]3[C@@H](c4ccc(N5CCCC5)cc4)OCC[C@@]3(C2)[C@@H]1O. The molecule has 2 bridgehead atoms. The van der Waals surface area contributed by atoms with E-state index in [1.807, 2.05) is 0 Å². The van der Waals surface area contributed by atoms with Crippen LogP contribution in [0.1, 0.15) is 57.6 Å². The highest BCUT2D eigenvalue weighted by molar-refractivity contribution is 5.48. The van der Waals surface area contributed by atoms with Gasteiger partial charge in [0.25, 0.3) is 0 Å². The van der Waals surface area contributed by atoms with E-state index in [2.05, 4.69) is 43.0 Å². The summed E-state index contributed by atoms with van der Waals surface area (Å²) in [6, 6.07) is 9.11. The number of hydrogen-bond donors (Lipinski definition) is 1. The molecule has 0 aromatic heterocycles. The minimum atomic E-state index is -0.181. The highest BCUT2D eigenvalue weighted by atomic mass is 16.5. The Morgan fingerprint density at radius 1 is 1.12 bits per heavy atom. The number of aliphatic hydroxyl groups excluding tert-OH is 1. The fourth-order valence-corrected chi connectivity index (χ4v) is 6.60. The van der Waals surface area contributed by atoms with Crippen molar-refractivity contribution in [3.05, 3.63) is 29.8 Å². The van der Waals surface area contributed by atoms with Crippen LogP contribution in [0.3, 0.4) is 0 Å². The van der Waals surface area contributed by atoms with E-state index >= 15 is 0 Å². The Bertz CT molecular complexity index is 648. The van der Waals surface area contributed by atoms with Crippen molar-refractivity contribution in [3.63, 3.8) is 0 Å². The van der Waals surface area contributed by atoms with Gasteiger partial charge in [0.2, 0.25) is 0 Å². The third-order valence-corrected chi connectivity index (χ3v) is 8.13. The van der Waals surface area contributed by atoms with Crippen LogP contribution in [0.2, 0.25) is 0 Å². The van der Waals surface area contributed by atoms with Gasteiger partial charge in [0, 0.05) is 30.8 Å². The van der Waals surface area contributed by atoms with Gasteiger partial charge in [0.1, 0.15) is 0 Å². The summed E-state index contributed by atoms with van der Waals surface area (Å²) < 4.78 is 6.28. The topological polar surface area (TPSA) is 32.7 Å². The number of benzene rings is 1. The van der Waals surface area contributed by atoms with Crippen molar-refractivity contribution in [1.82, 2.24) is 0 Å². The molecule has 0 radical (unpaired) electrons. The molecule has 2 aliphatic heterocycles. The second-order valence-corrected chi connectivity index (χ2v) is 9.53. The van der Waals surface area contributed by atoms with Crippen molar-refractivity contribution >= 4 is 5.69 Å². The summed E-state index contributed by atoms with van der Waals surface area (Å²) in [4.78, 5) is 2.48. The molecule has 4 aliphatic rings. The first-order valence-corrected chi connectivity index (χ1v) is 10.2. The van der Waals surface area contributed by atoms with E-state index in [4.69, 9.17) is 4.74 Å². The number of nitrogens with zero attached hydrogens (tertiary/aromatic N) is 1. The normalized spacial score (nSPS) is 42.0. The summed E-state index contributed by atoms with van der Waals surface area (Å²) in [5, 5.41) is 11.1. The minimum absolute atomic E-state index is 0.0675. The van der Waals surface area contributed by atoms with E-state index in [-0.39, 0.29) is 23.0 Å². The molecule has 3 heteroatoms. The average molecular weight is 341 g/mol. The Morgan fingerprint density at radius 2 is 1.84 bits per heavy atom. The van der Waals surface area contributed by atoms with Crippen molar-refractivity contribution in [2.45, 2.75) is 58.2 Å². The van der Waals surface area contributed by atoms with Crippen LogP contribution in [-0.4, -0.2) is 30.9 Å². The molecule has 4 fully saturated rings. The summed E-state index contributed by atoms with van der Waals surface area (Å²) >= 11 is 0. The van der Waals surface area contributed by atoms with Gasteiger partial charge in [-0.25, -0.2) is 0 Å². The predicted octanol–water partition coefficient (Wildman–Crippen LogP) is 4.16. The largest absolute Gasteiger partial charge is 0.392 e. The highest BCUT2D eigenvalue weighted by Crippen LogP contribution is 2.70.